The molecule has 0 aromatic heterocycles. The van der Waals surface area contributed by atoms with Crippen molar-refractivity contribution in [3.8, 4) is 0 Å². The number of benzene rings is 1. The van der Waals surface area contributed by atoms with Gasteiger partial charge >= 0.3 is 0 Å². The second kappa shape index (κ2) is 6.13. The van der Waals surface area contributed by atoms with Crippen molar-refractivity contribution in [2.24, 2.45) is 5.73 Å². The number of hydrogen-bond acceptors (Lipinski definition) is 3. The highest BCUT2D eigenvalue weighted by atomic mass is 19.1. The molecule has 2 rings (SSSR count). The van der Waals surface area contributed by atoms with Gasteiger partial charge in [-0.3, -0.25) is 9.59 Å². The molecule has 1 aromatic rings. The van der Waals surface area contributed by atoms with E-state index in [9.17, 15) is 22.8 Å². The highest BCUT2D eigenvalue weighted by Gasteiger charge is 2.31. The van der Waals surface area contributed by atoms with Crippen LogP contribution in [0.5, 0.6) is 0 Å². The zero-order valence-electron chi connectivity index (χ0n) is 11.0. The SMILES string of the molecule is NC(=O)CN(C(=O)c1c(F)cc(F)cc1F)C1CCNC1. The van der Waals surface area contributed by atoms with Crippen molar-refractivity contribution >= 4 is 11.8 Å². The average Bonchev–Trinajstić information content (AvgIpc) is 2.87. The summed E-state index contributed by atoms with van der Waals surface area (Å²) in [6.45, 7) is 0.548. The molecule has 114 valence electrons. The second-order valence-electron chi connectivity index (χ2n) is 4.79. The van der Waals surface area contributed by atoms with Crippen molar-refractivity contribution in [3.05, 3.63) is 35.1 Å². The molecule has 0 aliphatic carbocycles. The van der Waals surface area contributed by atoms with Crippen molar-refractivity contribution < 1.29 is 22.8 Å². The number of amides is 2. The van der Waals surface area contributed by atoms with E-state index in [2.05, 4.69) is 5.32 Å². The van der Waals surface area contributed by atoms with Gasteiger partial charge in [0, 0.05) is 24.7 Å². The fourth-order valence-electron chi connectivity index (χ4n) is 2.33. The minimum absolute atomic E-state index is 0.392. The van der Waals surface area contributed by atoms with Gasteiger partial charge in [0.1, 0.15) is 23.0 Å². The van der Waals surface area contributed by atoms with E-state index in [0.717, 1.165) is 4.90 Å². The molecule has 2 amide bonds. The zero-order chi connectivity index (χ0) is 15.6. The first kappa shape index (κ1) is 15.3. The van der Waals surface area contributed by atoms with Crippen LogP contribution in [-0.2, 0) is 4.79 Å². The molecule has 0 radical (unpaired) electrons. The molecule has 3 N–H and O–H groups in total. The normalized spacial score (nSPS) is 17.8. The predicted molar refractivity (Wildman–Crippen MR) is 67.8 cm³/mol. The highest BCUT2D eigenvalue weighted by molar-refractivity contribution is 5.97. The molecule has 1 atom stereocenters. The lowest BCUT2D eigenvalue weighted by Gasteiger charge is -2.27. The summed E-state index contributed by atoms with van der Waals surface area (Å²) in [5.41, 5.74) is 4.19. The Balaban J connectivity index is 2.35. The van der Waals surface area contributed by atoms with Gasteiger partial charge in [-0.25, -0.2) is 13.2 Å². The van der Waals surface area contributed by atoms with Crippen molar-refractivity contribution in [2.45, 2.75) is 12.5 Å². The zero-order valence-corrected chi connectivity index (χ0v) is 11.0. The van der Waals surface area contributed by atoms with Crippen molar-refractivity contribution in [1.82, 2.24) is 10.2 Å². The molecule has 1 unspecified atom stereocenters. The number of carbonyl (C=O) groups excluding carboxylic acids is 2. The lowest BCUT2D eigenvalue weighted by Crippen LogP contribution is -2.46. The Morgan fingerprint density at radius 1 is 1.29 bits per heavy atom. The summed E-state index contributed by atoms with van der Waals surface area (Å²) in [7, 11) is 0. The molecule has 1 saturated heterocycles. The van der Waals surface area contributed by atoms with Crippen LogP contribution in [0.1, 0.15) is 16.8 Å². The van der Waals surface area contributed by atoms with Crippen LogP contribution < -0.4 is 11.1 Å². The van der Waals surface area contributed by atoms with Crippen LogP contribution in [-0.4, -0.2) is 42.4 Å². The minimum Gasteiger partial charge on any atom is -0.368 e. The summed E-state index contributed by atoms with van der Waals surface area (Å²) in [6, 6.07) is 0.450. The predicted octanol–water partition coefficient (Wildman–Crippen LogP) is 0.393. The van der Waals surface area contributed by atoms with E-state index in [-0.39, 0.29) is 0 Å². The first-order chi connectivity index (χ1) is 9.90. The lowest BCUT2D eigenvalue weighted by molar-refractivity contribution is -0.119. The van der Waals surface area contributed by atoms with E-state index in [1.807, 2.05) is 0 Å². The summed E-state index contributed by atoms with van der Waals surface area (Å²) < 4.78 is 40.3. The lowest BCUT2D eigenvalue weighted by atomic mass is 10.1. The van der Waals surface area contributed by atoms with Crippen molar-refractivity contribution in [3.63, 3.8) is 0 Å². The number of hydrogen-bond donors (Lipinski definition) is 2. The van der Waals surface area contributed by atoms with Gasteiger partial charge in [0.2, 0.25) is 5.91 Å². The quantitative estimate of drug-likeness (QED) is 0.845. The summed E-state index contributed by atoms with van der Waals surface area (Å²) in [4.78, 5) is 24.4. The molecule has 21 heavy (non-hydrogen) atoms. The Hall–Kier alpha value is -2.09. The van der Waals surface area contributed by atoms with E-state index < -0.39 is 47.4 Å². The maximum atomic E-state index is 13.7. The maximum Gasteiger partial charge on any atom is 0.260 e. The maximum absolute atomic E-state index is 13.7. The van der Waals surface area contributed by atoms with Crippen molar-refractivity contribution in [1.29, 1.82) is 0 Å². The number of primary amides is 1. The second-order valence-corrected chi connectivity index (χ2v) is 4.79. The summed E-state index contributed by atoms with van der Waals surface area (Å²) in [6.07, 6.45) is 0.531. The van der Waals surface area contributed by atoms with E-state index in [4.69, 9.17) is 5.73 Å². The number of nitrogens with one attached hydrogen (secondary N) is 1. The number of nitrogens with zero attached hydrogens (tertiary/aromatic N) is 1. The summed E-state index contributed by atoms with van der Waals surface area (Å²) in [5, 5.41) is 2.98. The van der Waals surface area contributed by atoms with Crippen LogP contribution in [0.25, 0.3) is 0 Å². The molecule has 0 saturated carbocycles. The van der Waals surface area contributed by atoms with Crippen LogP contribution >= 0.6 is 0 Å². The largest absolute Gasteiger partial charge is 0.368 e. The van der Waals surface area contributed by atoms with Crippen molar-refractivity contribution in [2.75, 3.05) is 19.6 Å². The Bertz CT molecular complexity index is 551. The molecular weight excluding hydrogens is 287 g/mol. The molecule has 8 heteroatoms. The third kappa shape index (κ3) is 3.33. The fraction of sp³-hybridized carbons (Fsp3) is 0.385. The summed E-state index contributed by atoms with van der Waals surface area (Å²) in [5.74, 6) is -5.54. The van der Waals surface area contributed by atoms with Gasteiger partial charge in [-0.2, -0.15) is 0 Å². The number of carbonyl (C=O) groups is 2. The standard InChI is InChI=1S/C13H14F3N3O2/c14-7-3-9(15)12(10(16)4-7)13(21)19(6-11(17)20)8-1-2-18-5-8/h3-4,8,18H,1-2,5-6H2,(H2,17,20). The van der Waals surface area contributed by atoms with Crippen LogP contribution in [0.15, 0.2) is 12.1 Å². The van der Waals surface area contributed by atoms with Crippen LogP contribution in [0.4, 0.5) is 13.2 Å². The van der Waals surface area contributed by atoms with Crippen LogP contribution in [0, 0.1) is 17.5 Å². The van der Waals surface area contributed by atoms with E-state index in [1.165, 1.54) is 0 Å². The molecule has 0 bridgehead atoms. The first-order valence-corrected chi connectivity index (χ1v) is 6.34. The molecular formula is C13H14F3N3O2. The molecule has 1 aliphatic rings. The van der Waals surface area contributed by atoms with Gasteiger partial charge in [0.25, 0.3) is 5.91 Å². The van der Waals surface area contributed by atoms with Crippen LogP contribution in [0.3, 0.4) is 0 Å². The minimum atomic E-state index is -1.31. The van der Waals surface area contributed by atoms with Gasteiger partial charge in [-0.15, -0.1) is 0 Å². The molecule has 1 heterocycles. The number of nitrogens with two attached hydrogens (primary N) is 1. The van der Waals surface area contributed by atoms with Gasteiger partial charge in [0.15, 0.2) is 0 Å². The van der Waals surface area contributed by atoms with Gasteiger partial charge in [0.05, 0.1) is 6.54 Å². The monoisotopic (exact) mass is 301 g/mol. The topological polar surface area (TPSA) is 75.4 Å². The van der Waals surface area contributed by atoms with Gasteiger partial charge in [-0.1, -0.05) is 0 Å². The number of halogens is 3. The van der Waals surface area contributed by atoms with Crippen LogP contribution in [0.2, 0.25) is 0 Å². The van der Waals surface area contributed by atoms with E-state index in [1.54, 1.807) is 0 Å². The third-order valence-corrected chi connectivity index (χ3v) is 3.28. The summed E-state index contributed by atoms with van der Waals surface area (Å²) >= 11 is 0. The Morgan fingerprint density at radius 3 is 2.38 bits per heavy atom. The molecule has 1 fully saturated rings. The highest BCUT2D eigenvalue weighted by Crippen LogP contribution is 2.19. The van der Waals surface area contributed by atoms with E-state index >= 15 is 0 Å². The van der Waals surface area contributed by atoms with Gasteiger partial charge < -0.3 is 16.0 Å². The average molecular weight is 301 g/mol. The van der Waals surface area contributed by atoms with Gasteiger partial charge in [-0.05, 0) is 13.0 Å². The smallest absolute Gasteiger partial charge is 0.260 e. The first-order valence-electron chi connectivity index (χ1n) is 6.34. The Labute approximate surface area is 118 Å². The Kier molecular flexibility index (Phi) is 4.46. The molecule has 1 aliphatic heterocycles. The number of rotatable bonds is 4. The molecule has 0 spiro atoms. The van der Waals surface area contributed by atoms with E-state index in [0.29, 0.717) is 31.6 Å². The molecule has 1 aromatic carbocycles. The third-order valence-electron chi connectivity index (χ3n) is 3.28. The molecule has 5 nitrogen and oxygen atoms in total. The Morgan fingerprint density at radius 2 is 1.90 bits per heavy atom. The fourth-order valence-corrected chi connectivity index (χ4v) is 2.33.